The van der Waals surface area contributed by atoms with Gasteiger partial charge in [0.25, 0.3) is 0 Å². The number of nitrogens with two attached hydrogens (primary N) is 1. The van der Waals surface area contributed by atoms with E-state index in [-0.39, 0.29) is 6.04 Å². The third-order valence-electron chi connectivity index (χ3n) is 3.56. The molecule has 1 rings (SSSR count). The first-order valence-corrected chi connectivity index (χ1v) is 7.34. The van der Waals surface area contributed by atoms with E-state index in [0.717, 1.165) is 37.0 Å². The molecule has 1 atom stereocenters. The van der Waals surface area contributed by atoms with Gasteiger partial charge in [0.05, 0.1) is 21.3 Å². The number of ether oxygens (including phenoxy) is 3. The molecule has 0 saturated heterocycles. The SMILES string of the molecule is C=CCCCCCC(N)c1cc(OC)c(OC)cc1OC. The fourth-order valence-electron chi connectivity index (χ4n) is 2.33. The van der Waals surface area contributed by atoms with Gasteiger partial charge in [-0.3, -0.25) is 0 Å². The van der Waals surface area contributed by atoms with E-state index >= 15 is 0 Å². The predicted octanol–water partition coefficient (Wildman–Crippen LogP) is 3.85. The smallest absolute Gasteiger partial charge is 0.164 e. The van der Waals surface area contributed by atoms with Gasteiger partial charge in [-0.05, 0) is 25.3 Å². The van der Waals surface area contributed by atoms with Gasteiger partial charge in [0.2, 0.25) is 0 Å². The van der Waals surface area contributed by atoms with Crippen LogP contribution in [-0.4, -0.2) is 21.3 Å². The normalized spacial score (nSPS) is 11.8. The number of hydrogen-bond acceptors (Lipinski definition) is 4. The molecule has 0 saturated carbocycles. The van der Waals surface area contributed by atoms with Crippen molar-refractivity contribution in [2.75, 3.05) is 21.3 Å². The molecule has 4 nitrogen and oxygen atoms in total. The number of unbranched alkanes of at least 4 members (excludes halogenated alkanes) is 3. The topological polar surface area (TPSA) is 53.7 Å². The lowest BCUT2D eigenvalue weighted by molar-refractivity contribution is 0.346. The van der Waals surface area contributed by atoms with Crippen molar-refractivity contribution in [3.05, 3.63) is 30.4 Å². The molecule has 21 heavy (non-hydrogen) atoms. The second-order valence-corrected chi connectivity index (χ2v) is 4.98. The molecule has 0 aliphatic carbocycles. The second-order valence-electron chi connectivity index (χ2n) is 4.98. The van der Waals surface area contributed by atoms with Crippen LogP contribution in [0.5, 0.6) is 17.2 Å². The first-order valence-electron chi connectivity index (χ1n) is 7.34. The third-order valence-corrected chi connectivity index (χ3v) is 3.56. The lowest BCUT2D eigenvalue weighted by Gasteiger charge is -2.18. The van der Waals surface area contributed by atoms with E-state index in [1.165, 1.54) is 6.42 Å². The van der Waals surface area contributed by atoms with E-state index < -0.39 is 0 Å². The Balaban J connectivity index is 2.77. The van der Waals surface area contributed by atoms with Gasteiger partial charge in [-0.25, -0.2) is 0 Å². The fourth-order valence-corrected chi connectivity index (χ4v) is 2.33. The monoisotopic (exact) mass is 293 g/mol. The van der Waals surface area contributed by atoms with Crippen LogP contribution in [-0.2, 0) is 0 Å². The number of allylic oxidation sites excluding steroid dienone is 1. The maximum absolute atomic E-state index is 6.30. The molecule has 118 valence electrons. The summed E-state index contributed by atoms with van der Waals surface area (Å²) in [5.74, 6) is 2.07. The molecule has 0 fully saturated rings. The highest BCUT2D eigenvalue weighted by atomic mass is 16.5. The minimum Gasteiger partial charge on any atom is -0.496 e. The lowest BCUT2D eigenvalue weighted by atomic mass is 9.99. The van der Waals surface area contributed by atoms with Crippen molar-refractivity contribution in [3.63, 3.8) is 0 Å². The van der Waals surface area contributed by atoms with E-state index in [0.29, 0.717) is 11.5 Å². The zero-order chi connectivity index (χ0) is 15.7. The molecule has 0 aliphatic heterocycles. The summed E-state index contributed by atoms with van der Waals surface area (Å²) >= 11 is 0. The Morgan fingerprint density at radius 3 is 2.19 bits per heavy atom. The van der Waals surface area contributed by atoms with Crippen LogP contribution >= 0.6 is 0 Å². The van der Waals surface area contributed by atoms with E-state index in [9.17, 15) is 0 Å². The van der Waals surface area contributed by atoms with Crippen LogP contribution in [0.3, 0.4) is 0 Å². The van der Waals surface area contributed by atoms with Crippen LogP contribution in [0.25, 0.3) is 0 Å². The molecular weight excluding hydrogens is 266 g/mol. The molecule has 0 radical (unpaired) electrons. The van der Waals surface area contributed by atoms with Gasteiger partial charge in [0.1, 0.15) is 5.75 Å². The fraction of sp³-hybridized carbons (Fsp3) is 0.529. The number of benzene rings is 1. The molecule has 1 aromatic rings. The molecule has 0 aliphatic rings. The van der Waals surface area contributed by atoms with Gasteiger partial charge in [-0.15, -0.1) is 6.58 Å². The Morgan fingerprint density at radius 2 is 1.62 bits per heavy atom. The molecule has 2 N–H and O–H groups in total. The van der Waals surface area contributed by atoms with E-state index in [2.05, 4.69) is 6.58 Å². The summed E-state index contributed by atoms with van der Waals surface area (Å²) in [5.41, 5.74) is 7.26. The second kappa shape index (κ2) is 9.29. The highest BCUT2D eigenvalue weighted by Gasteiger charge is 2.16. The van der Waals surface area contributed by atoms with Crippen LogP contribution in [0.1, 0.15) is 43.7 Å². The van der Waals surface area contributed by atoms with Gasteiger partial charge in [-0.2, -0.15) is 0 Å². The zero-order valence-corrected chi connectivity index (χ0v) is 13.4. The summed E-state index contributed by atoms with van der Waals surface area (Å²) in [6, 6.07) is 3.67. The first-order chi connectivity index (χ1) is 10.2. The summed E-state index contributed by atoms with van der Waals surface area (Å²) in [6.07, 6.45) is 7.36. The number of rotatable bonds is 10. The van der Waals surface area contributed by atoms with Crippen LogP contribution in [0.2, 0.25) is 0 Å². The average Bonchev–Trinajstić information content (AvgIpc) is 2.52. The summed E-state index contributed by atoms with van der Waals surface area (Å²) in [4.78, 5) is 0. The van der Waals surface area contributed by atoms with E-state index in [1.54, 1.807) is 21.3 Å². The average molecular weight is 293 g/mol. The minimum atomic E-state index is -0.0662. The van der Waals surface area contributed by atoms with Crippen molar-refractivity contribution in [1.82, 2.24) is 0 Å². The lowest BCUT2D eigenvalue weighted by Crippen LogP contribution is -2.12. The molecule has 0 bridgehead atoms. The quantitative estimate of drug-likeness (QED) is 0.526. The predicted molar refractivity (Wildman–Crippen MR) is 86.3 cm³/mol. The Bertz CT molecular complexity index is 446. The van der Waals surface area contributed by atoms with Crippen molar-refractivity contribution in [3.8, 4) is 17.2 Å². The van der Waals surface area contributed by atoms with Gasteiger partial charge in [0, 0.05) is 17.7 Å². The Labute approximate surface area is 127 Å². The van der Waals surface area contributed by atoms with E-state index in [1.807, 2.05) is 18.2 Å². The van der Waals surface area contributed by atoms with Gasteiger partial charge in [-0.1, -0.05) is 18.9 Å². The van der Waals surface area contributed by atoms with Crippen molar-refractivity contribution >= 4 is 0 Å². The van der Waals surface area contributed by atoms with Gasteiger partial charge >= 0.3 is 0 Å². The van der Waals surface area contributed by atoms with E-state index in [4.69, 9.17) is 19.9 Å². The Morgan fingerprint density at radius 1 is 1.00 bits per heavy atom. The molecular formula is C17H27NO3. The summed E-state index contributed by atoms with van der Waals surface area (Å²) in [6.45, 7) is 3.73. The van der Waals surface area contributed by atoms with Crippen LogP contribution in [0.15, 0.2) is 24.8 Å². The summed E-state index contributed by atoms with van der Waals surface area (Å²) in [7, 11) is 4.87. The molecule has 0 amide bonds. The molecule has 0 heterocycles. The molecule has 1 unspecified atom stereocenters. The molecule has 0 spiro atoms. The Hall–Kier alpha value is -1.68. The minimum absolute atomic E-state index is 0.0662. The Kier molecular flexibility index (Phi) is 7.69. The number of hydrogen-bond donors (Lipinski definition) is 1. The summed E-state index contributed by atoms with van der Waals surface area (Å²) in [5, 5.41) is 0. The third kappa shape index (κ3) is 4.97. The largest absolute Gasteiger partial charge is 0.496 e. The van der Waals surface area contributed by atoms with Crippen molar-refractivity contribution in [2.45, 2.75) is 38.1 Å². The summed E-state index contributed by atoms with van der Waals surface area (Å²) < 4.78 is 16.0. The maximum atomic E-state index is 6.30. The van der Waals surface area contributed by atoms with Gasteiger partial charge < -0.3 is 19.9 Å². The van der Waals surface area contributed by atoms with Crippen molar-refractivity contribution in [1.29, 1.82) is 0 Å². The molecule has 4 heteroatoms. The highest BCUT2D eigenvalue weighted by molar-refractivity contribution is 5.51. The van der Waals surface area contributed by atoms with Crippen molar-refractivity contribution in [2.24, 2.45) is 5.73 Å². The maximum Gasteiger partial charge on any atom is 0.164 e. The van der Waals surface area contributed by atoms with Gasteiger partial charge in [0.15, 0.2) is 11.5 Å². The molecule has 1 aromatic carbocycles. The van der Waals surface area contributed by atoms with Crippen LogP contribution in [0, 0.1) is 0 Å². The van der Waals surface area contributed by atoms with Crippen LogP contribution in [0.4, 0.5) is 0 Å². The zero-order valence-electron chi connectivity index (χ0n) is 13.4. The number of methoxy groups -OCH3 is 3. The highest BCUT2D eigenvalue weighted by Crippen LogP contribution is 2.38. The molecule has 0 aromatic heterocycles. The standard InChI is InChI=1S/C17H27NO3/c1-5-6-7-8-9-10-14(18)13-11-16(20-3)17(21-4)12-15(13)19-2/h5,11-12,14H,1,6-10,18H2,2-4H3. The van der Waals surface area contributed by atoms with Crippen LogP contribution < -0.4 is 19.9 Å². The first kappa shape index (κ1) is 17.4. The van der Waals surface area contributed by atoms with Crippen molar-refractivity contribution < 1.29 is 14.2 Å².